The van der Waals surface area contributed by atoms with Gasteiger partial charge in [-0.25, -0.2) is 20.4 Å². The topological polar surface area (TPSA) is 196 Å². The van der Waals surface area contributed by atoms with E-state index in [2.05, 4.69) is 28.0 Å². The molecule has 3 fully saturated rings. The molecule has 4 aliphatic rings. The molecule has 0 aromatic heterocycles. The van der Waals surface area contributed by atoms with E-state index >= 15 is 0 Å². The highest BCUT2D eigenvalue weighted by atomic mass is 16.3. The zero-order valence-electron chi connectivity index (χ0n) is 19.5. The van der Waals surface area contributed by atoms with Crippen LogP contribution in [0.5, 0.6) is 0 Å². The maximum Gasteiger partial charge on any atom is 0.332 e. The fourth-order valence-corrected chi connectivity index (χ4v) is 7.38. The summed E-state index contributed by atoms with van der Waals surface area (Å²) >= 11 is 0. The zero-order valence-corrected chi connectivity index (χ0v) is 19.5. The summed E-state index contributed by atoms with van der Waals surface area (Å²) in [4.78, 5) is 22.2. The summed E-state index contributed by atoms with van der Waals surface area (Å²) < 4.78 is 0. The van der Waals surface area contributed by atoms with E-state index in [1.54, 1.807) is 0 Å². The average Bonchev–Trinajstić information content (AvgIpc) is 3.03. The molecule has 0 aliphatic heterocycles. The summed E-state index contributed by atoms with van der Waals surface area (Å²) in [6.45, 7) is 3.54. The number of nitrogens with one attached hydrogen (secondary N) is 2. The number of hydrazone groups is 2. The Morgan fingerprint density at radius 3 is 2.56 bits per heavy atom. The molecule has 4 aliphatic carbocycles. The maximum absolute atomic E-state index is 11.8. The molecule has 11 heteroatoms. The first-order chi connectivity index (χ1) is 16.0. The maximum atomic E-state index is 11.8. The number of aliphatic hydroxyl groups is 3. The second kappa shape index (κ2) is 8.47. The number of primary amides is 2. The molecule has 9 N–H and O–H groups in total. The number of nitrogens with zero attached hydrogens (tertiary/aromatic N) is 2. The molecule has 0 saturated heterocycles. The van der Waals surface area contributed by atoms with E-state index in [1.807, 2.05) is 25.2 Å². The highest BCUT2D eigenvalue weighted by Crippen LogP contribution is 2.67. The molecule has 7 atom stereocenters. The number of rotatable bonds is 4. The summed E-state index contributed by atoms with van der Waals surface area (Å²) in [5, 5.41) is 41.2. The molecule has 186 valence electrons. The summed E-state index contributed by atoms with van der Waals surface area (Å²) in [6.07, 6.45) is 8.15. The van der Waals surface area contributed by atoms with Gasteiger partial charge in [0.25, 0.3) is 0 Å². The van der Waals surface area contributed by atoms with E-state index in [0.717, 1.165) is 18.4 Å². The quantitative estimate of drug-likeness (QED) is 0.229. The molecule has 0 heterocycles. The van der Waals surface area contributed by atoms with E-state index in [1.165, 1.54) is 0 Å². The van der Waals surface area contributed by atoms with Gasteiger partial charge in [-0.05, 0) is 56.1 Å². The lowest BCUT2D eigenvalue weighted by molar-refractivity contribution is -0.143. The van der Waals surface area contributed by atoms with Crippen LogP contribution in [0.25, 0.3) is 0 Å². The van der Waals surface area contributed by atoms with E-state index in [0.29, 0.717) is 25.0 Å². The van der Waals surface area contributed by atoms with Crippen LogP contribution in [-0.2, 0) is 0 Å². The summed E-state index contributed by atoms with van der Waals surface area (Å²) in [6, 6.07) is -1.61. The smallest absolute Gasteiger partial charge is 0.332 e. The minimum Gasteiger partial charge on any atom is -0.393 e. The lowest BCUT2D eigenvalue weighted by atomic mass is 9.46. The first-order valence-electron chi connectivity index (χ1n) is 11.6. The van der Waals surface area contributed by atoms with Gasteiger partial charge >= 0.3 is 12.1 Å². The van der Waals surface area contributed by atoms with Crippen molar-refractivity contribution >= 4 is 23.5 Å². The summed E-state index contributed by atoms with van der Waals surface area (Å²) in [5.41, 5.74) is 13.8. The van der Waals surface area contributed by atoms with Gasteiger partial charge in [0.1, 0.15) is 5.60 Å². The molecule has 4 rings (SSSR count). The Labute approximate surface area is 198 Å². The Balaban J connectivity index is 1.66. The lowest BCUT2D eigenvalue weighted by Crippen LogP contribution is -2.62. The van der Waals surface area contributed by atoms with Crippen molar-refractivity contribution in [1.29, 1.82) is 0 Å². The number of carbonyl (C=O) groups excluding carboxylic acids is 2. The van der Waals surface area contributed by atoms with Crippen molar-refractivity contribution in [3.8, 4) is 0 Å². The Hall–Kier alpha value is -2.76. The highest BCUT2D eigenvalue weighted by Gasteiger charge is 2.67. The second-order valence-electron chi connectivity index (χ2n) is 10.4. The molecular weight excluding hydrogens is 440 g/mol. The van der Waals surface area contributed by atoms with Gasteiger partial charge in [0.15, 0.2) is 0 Å². The Morgan fingerprint density at radius 1 is 1.21 bits per heavy atom. The highest BCUT2D eigenvalue weighted by molar-refractivity contribution is 6.06. The predicted molar refractivity (Wildman–Crippen MR) is 125 cm³/mol. The van der Waals surface area contributed by atoms with Crippen molar-refractivity contribution in [2.45, 2.75) is 57.7 Å². The molecule has 0 aromatic carbocycles. The van der Waals surface area contributed by atoms with Crippen LogP contribution in [0.2, 0.25) is 0 Å². The zero-order chi connectivity index (χ0) is 24.9. The number of allylic oxidation sites excluding steroid dienone is 4. The first kappa shape index (κ1) is 24.4. The van der Waals surface area contributed by atoms with Gasteiger partial charge in [-0.15, -0.1) is 0 Å². The molecule has 3 saturated carbocycles. The van der Waals surface area contributed by atoms with Gasteiger partial charge in [0.2, 0.25) is 0 Å². The van der Waals surface area contributed by atoms with Crippen LogP contribution in [0.4, 0.5) is 9.59 Å². The second-order valence-corrected chi connectivity index (χ2v) is 10.4. The number of fused-ring (bicyclic) bond motifs is 5. The number of nitrogens with two attached hydrogens (primary N) is 2. The monoisotopic (exact) mass is 474 g/mol. The standard InChI is InChI=1S/C23H34N6O5/c1-21-7-5-13(26-28-19(24)32)9-12(21)3-4-14-15-6-8-23(34,17(11-30)27-29-20(25)33)22(15,2)10-16(31)18(14)21/h5,7,9,14-16,18,30-31,34H,3-4,6,8,10-11H2,1-2H3,(H3,24,28,32)(H3,25,29,33)/b26-13+,27-17+/t14-,15-,16-,18+,21-,22-,23+/m0/s1. The van der Waals surface area contributed by atoms with Crippen LogP contribution < -0.4 is 22.3 Å². The van der Waals surface area contributed by atoms with Crippen LogP contribution >= 0.6 is 0 Å². The number of hydrogen-bond donors (Lipinski definition) is 7. The molecule has 0 spiro atoms. The fraction of sp³-hybridized carbons (Fsp3) is 0.652. The summed E-state index contributed by atoms with van der Waals surface area (Å²) in [7, 11) is 0. The largest absolute Gasteiger partial charge is 0.393 e. The predicted octanol–water partition coefficient (Wildman–Crippen LogP) is 0.468. The van der Waals surface area contributed by atoms with Gasteiger partial charge < -0.3 is 26.8 Å². The van der Waals surface area contributed by atoms with Crippen molar-refractivity contribution in [2.24, 2.45) is 50.3 Å². The Kier molecular flexibility index (Phi) is 6.07. The molecule has 0 unspecified atom stereocenters. The van der Waals surface area contributed by atoms with Crippen LogP contribution in [-0.4, -0.2) is 57.1 Å². The first-order valence-corrected chi connectivity index (χ1v) is 11.6. The minimum atomic E-state index is -1.47. The van der Waals surface area contributed by atoms with Crippen molar-refractivity contribution in [2.75, 3.05) is 6.61 Å². The molecule has 4 amide bonds. The van der Waals surface area contributed by atoms with Crippen molar-refractivity contribution in [1.82, 2.24) is 10.9 Å². The number of hydrogen-bond acceptors (Lipinski definition) is 7. The minimum absolute atomic E-state index is 0.0601. The van der Waals surface area contributed by atoms with E-state index in [9.17, 15) is 24.9 Å². The van der Waals surface area contributed by atoms with Gasteiger partial charge in [0, 0.05) is 16.7 Å². The average molecular weight is 475 g/mol. The molecule has 34 heavy (non-hydrogen) atoms. The normalized spacial score (nSPS) is 42.3. The molecule has 0 aromatic rings. The fourth-order valence-electron chi connectivity index (χ4n) is 7.38. The van der Waals surface area contributed by atoms with E-state index in [4.69, 9.17) is 11.5 Å². The summed E-state index contributed by atoms with van der Waals surface area (Å²) in [5.74, 6) is 0.170. The van der Waals surface area contributed by atoms with Gasteiger partial charge in [-0.1, -0.05) is 25.5 Å². The van der Waals surface area contributed by atoms with Crippen LogP contribution in [0.1, 0.15) is 46.0 Å². The van der Waals surface area contributed by atoms with Crippen LogP contribution in [0, 0.1) is 28.6 Å². The third-order valence-electron chi connectivity index (χ3n) is 8.88. The van der Waals surface area contributed by atoms with Crippen LogP contribution in [0.3, 0.4) is 0 Å². The number of amides is 4. The molecular formula is C23H34N6O5. The van der Waals surface area contributed by atoms with E-state index in [-0.39, 0.29) is 23.5 Å². The van der Waals surface area contributed by atoms with Crippen molar-refractivity contribution in [3.63, 3.8) is 0 Å². The number of aliphatic hydroxyl groups excluding tert-OH is 2. The number of carbonyl (C=O) groups is 2. The van der Waals surface area contributed by atoms with E-state index < -0.39 is 41.2 Å². The molecule has 11 nitrogen and oxygen atoms in total. The lowest BCUT2D eigenvalue weighted by Gasteiger charge is -2.60. The third-order valence-corrected chi connectivity index (χ3v) is 8.88. The Bertz CT molecular complexity index is 1010. The van der Waals surface area contributed by atoms with Crippen LogP contribution in [0.15, 0.2) is 34.0 Å². The van der Waals surface area contributed by atoms with Gasteiger partial charge in [-0.2, -0.15) is 10.2 Å². The molecule has 0 radical (unpaired) electrons. The van der Waals surface area contributed by atoms with Crippen molar-refractivity contribution < 1.29 is 24.9 Å². The van der Waals surface area contributed by atoms with Gasteiger partial charge in [-0.3, -0.25) is 0 Å². The third kappa shape index (κ3) is 3.62. The Morgan fingerprint density at radius 2 is 1.91 bits per heavy atom. The van der Waals surface area contributed by atoms with Crippen molar-refractivity contribution in [3.05, 3.63) is 23.8 Å². The number of urea groups is 2. The molecule has 0 bridgehead atoms. The SMILES string of the molecule is C[C@]12C=C/C(=N\NC(N)=O)C=C1CC[C@@H]1[C@@H]2[C@@H](O)C[C@@]2(C)[C@H]1CC[C@@]2(O)/C(CO)=N/NC(N)=O. The van der Waals surface area contributed by atoms with Gasteiger partial charge in [0.05, 0.1) is 24.1 Å².